The van der Waals surface area contributed by atoms with Crippen molar-refractivity contribution in [3.63, 3.8) is 0 Å². The summed E-state index contributed by atoms with van der Waals surface area (Å²) in [6.45, 7) is -0.916. The number of aryl methyl sites for hydroxylation is 1. The zero-order chi connectivity index (χ0) is 22.4. The van der Waals surface area contributed by atoms with Crippen molar-refractivity contribution in [2.45, 2.75) is 32.0 Å². The maximum Gasteiger partial charge on any atom is 0.416 e. The van der Waals surface area contributed by atoms with Crippen molar-refractivity contribution in [1.29, 1.82) is 0 Å². The van der Waals surface area contributed by atoms with Crippen molar-refractivity contribution in [3.05, 3.63) is 51.6 Å². The number of rotatable bonds is 5. The summed E-state index contributed by atoms with van der Waals surface area (Å²) in [6.07, 6.45) is -7.41. The van der Waals surface area contributed by atoms with Crippen molar-refractivity contribution >= 4 is 23.4 Å². The molecule has 0 aliphatic heterocycles. The van der Waals surface area contributed by atoms with Crippen LogP contribution in [0.3, 0.4) is 0 Å². The maximum atomic E-state index is 14.4. The van der Waals surface area contributed by atoms with E-state index < -0.39 is 65.2 Å². The summed E-state index contributed by atoms with van der Waals surface area (Å²) in [7, 11) is 0.976. The van der Waals surface area contributed by atoms with E-state index in [4.69, 9.17) is 11.6 Å². The van der Waals surface area contributed by atoms with Crippen LogP contribution >= 0.6 is 11.6 Å². The Morgan fingerprint density at radius 3 is 2.47 bits per heavy atom. The lowest BCUT2D eigenvalue weighted by Gasteiger charge is -2.23. The van der Waals surface area contributed by atoms with Crippen LogP contribution in [0.25, 0.3) is 0 Å². The molecule has 0 spiro atoms. The molecule has 30 heavy (non-hydrogen) atoms. The van der Waals surface area contributed by atoms with Crippen LogP contribution in [0, 0.1) is 11.9 Å². The first-order valence-corrected chi connectivity index (χ1v) is 9.01. The number of nitrogens with zero attached hydrogens (tertiary/aromatic N) is 3. The Balaban J connectivity index is 2.08. The van der Waals surface area contributed by atoms with E-state index in [1.54, 1.807) is 0 Å². The molecule has 0 unspecified atom stereocenters. The normalized spacial score (nSPS) is 14.3. The fraction of sp³-hybridized carbons (Fsp3) is 0.389. The van der Waals surface area contributed by atoms with E-state index in [2.05, 4.69) is 5.10 Å². The lowest BCUT2D eigenvalue weighted by atomic mass is 10.1. The highest BCUT2D eigenvalue weighted by atomic mass is 35.5. The van der Waals surface area contributed by atoms with Gasteiger partial charge in [0, 0.05) is 18.0 Å². The van der Waals surface area contributed by atoms with Crippen LogP contribution in [0.5, 0.6) is 0 Å². The average Bonchev–Trinajstić information content (AvgIpc) is 3.44. The highest BCUT2D eigenvalue weighted by molar-refractivity contribution is 6.30. The Morgan fingerprint density at radius 2 is 1.93 bits per heavy atom. The minimum atomic E-state index is -4.83. The number of carbonyl (C=O) groups excluding carboxylic acids is 2. The van der Waals surface area contributed by atoms with Gasteiger partial charge in [-0.1, -0.05) is 11.6 Å². The van der Waals surface area contributed by atoms with Crippen molar-refractivity contribution in [2.24, 2.45) is 13.0 Å². The Labute approximate surface area is 171 Å². The van der Waals surface area contributed by atoms with Crippen LogP contribution in [0.2, 0.25) is 5.02 Å². The first kappa shape index (κ1) is 22.1. The van der Waals surface area contributed by atoms with Gasteiger partial charge in [-0.2, -0.15) is 22.7 Å². The highest BCUT2D eigenvalue weighted by Gasteiger charge is 2.41. The molecule has 1 fully saturated rings. The molecule has 1 heterocycles. The zero-order valence-corrected chi connectivity index (χ0v) is 16.1. The minimum Gasteiger partial charge on any atom is -0.274 e. The van der Waals surface area contributed by atoms with Crippen molar-refractivity contribution in [2.75, 3.05) is 0 Å². The average molecular weight is 454 g/mol. The molecule has 1 aromatic carbocycles. The van der Waals surface area contributed by atoms with Crippen LogP contribution in [0.1, 0.15) is 46.4 Å². The third-order valence-electron chi connectivity index (χ3n) is 4.56. The predicted octanol–water partition coefficient (Wildman–Crippen LogP) is 4.75. The highest BCUT2D eigenvalue weighted by Crippen LogP contribution is 2.37. The Morgan fingerprint density at radius 1 is 1.30 bits per heavy atom. The molecule has 3 rings (SSSR count). The van der Waals surface area contributed by atoms with Gasteiger partial charge in [0.05, 0.1) is 12.1 Å². The van der Waals surface area contributed by atoms with E-state index in [0.29, 0.717) is 28.5 Å². The second-order valence-corrected chi connectivity index (χ2v) is 7.21. The Kier molecular flexibility index (Phi) is 5.85. The molecule has 12 heteroatoms. The van der Waals surface area contributed by atoms with E-state index in [0.717, 1.165) is 19.2 Å². The predicted molar refractivity (Wildman–Crippen MR) is 92.2 cm³/mol. The van der Waals surface area contributed by atoms with Crippen LogP contribution in [-0.2, 0) is 24.6 Å². The number of amides is 2. The fourth-order valence-corrected chi connectivity index (χ4v) is 3.14. The fourth-order valence-electron chi connectivity index (χ4n) is 2.95. The molecule has 2 amide bonds. The Hall–Kier alpha value is -2.56. The largest absolute Gasteiger partial charge is 0.416 e. The van der Waals surface area contributed by atoms with Gasteiger partial charge >= 0.3 is 6.18 Å². The lowest BCUT2D eigenvalue weighted by molar-refractivity contribution is -0.139. The number of halogens is 7. The second kappa shape index (κ2) is 7.93. The lowest BCUT2D eigenvalue weighted by Crippen LogP contribution is -2.38. The molecule has 0 atom stereocenters. The van der Waals surface area contributed by atoms with Gasteiger partial charge in [-0.3, -0.25) is 14.5 Å². The van der Waals surface area contributed by atoms with Crippen LogP contribution in [0.15, 0.2) is 18.2 Å². The topological polar surface area (TPSA) is 55.2 Å². The third kappa shape index (κ3) is 4.30. The molecule has 0 bridgehead atoms. The molecule has 5 nitrogen and oxygen atoms in total. The smallest absolute Gasteiger partial charge is 0.274 e. The molecule has 162 valence electrons. The number of aromatic nitrogens is 2. The van der Waals surface area contributed by atoms with Gasteiger partial charge in [0.2, 0.25) is 11.9 Å². The number of benzene rings is 1. The quantitative estimate of drug-likeness (QED) is 0.485. The van der Waals surface area contributed by atoms with Crippen molar-refractivity contribution in [3.8, 4) is 0 Å². The summed E-state index contributed by atoms with van der Waals surface area (Å²) in [5.74, 6) is -4.44. The van der Waals surface area contributed by atoms with Crippen LogP contribution in [0.4, 0.5) is 26.3 Å². The number of carbonyl (C=O) groups is 2. The summed E-state index contributed by atoms with van der Waals surface area (Å²) in [6, 6.07) is 2.58. The second-order valence-electron chi connectivity index (χ2n) is 6.78. The summed E-state index contributed by atoms with van der Waals surface area (Å²) in [5, 5.41) is 3.15. The van der Waals surface area contributed by atoms with Gasteiger partial charge in [-0.25, -0.2) is 13.5 Å². The van der Waals surface area contributed by atoms with Crippen LogP contribution < -0.4 is 0 Å². The standard InChI is InChI=1S/C18H14ClF6N3O2/c1-27-15(22)12(13(26-27)14(20)21)17(30)28(16(29)8-2-3-8)7-9-6-10(19)4-5-11(9)18(23,24)25/h4-6,8,14H,2-3,7H2,1H3. The van der Waals surface area contributed by atoms with Crippen molar-refractivity contribution in [1.82, 2.24) is 14.7 Å². The van der Waals surface area contributed by atoms with E-state index in [-0.39, 0.29) is 5.02 Å². The summed E-state index contributed by atoms with van der Waals surface area (Å²) >= 11 is 5.77. The molecule has 1 saturated carbocycles. The van der Waals surface area contributed by atoms with Gasteiger partial charge in [-0.15, -0.1) is 0 Å². The van der Waals surface area contributed by atoms with E-state index >= 15 is 0 Å². The first-order chi connectivity index (χ1) is 13.9. The summed E-state index contributed by atoms with van der Waals surface area (Å²) < 4.78 is 81.3. The van der Waals surface area contributed by atoms with Gasteiger partial charge in [0.25, 0.3) is 12.3 Å². The molecule has 0 saturated heterocycles. The summed E-state index contributed by atoms with van der Waals surface area (Å²) in [5.41, 5.74) is -4.04. The molecular weight excluding hydrogens is 440 g/mol. The number of hydrogen-bond donors (Lipinski definition) is 0. The Bertz CT molecular complexity index is 1000. The van der Waals surface area contributed by atoms with Crippen molar-refractivity contribution < 1.29 is 35.9 Å². The zero-order valence-electron chi connectivity index (χ0n) is 15.3. The molecule has 1 aliphatic carbocycles. The molecule has 2 aromatic rings. The van der Waals surface area contributed by atoms with E-state index in [1.165, 1.54) is 0 Å². The van der Waals surface area contributed by atoms with Gasteiger partial charge in [0.1, 0.15) is 11.3 Å². The van der Waals surface area contributed by atoms with Gasteiger partial charge in [-0.05, 0) is 36.6 Å². The third-order valence-corrected chi connectivity index (χ3v) is 4.80. The van der Waals surface area contributed by atoms with E-state index in [1.807, 2.05) is 0 Å². The number of alkyl halides is 5. The summed E-state index contributed by atoms with van der Waals surface area (Å²) in [4.78, 5) is 25.9. The number of hydrogen-bond acceptors (Lipinski definition) is 3. The molecule has 1 aliphatic rings. The molecular formula is C18H14ClF6N3O2. The monoisotopic (exact) mass is 453 g/mol. The van der Waals surface area contributed by atoms with Gasteiger partial charge in [0.15, 0.2) is 0 Å². The van der Waals surface area contributed by atoms with E-state index in [9.17, 15) is 35.9 Å². The SMILES string of the molecule is Cn1nc(C(F)F)c(C(=O)N(Cc2cc(Cl)ccc2C(F)(F)F)C(=O)C2CC2)c1F. The molecule has 0 radical (unpaired) electrons. The molecule has 1 aromatic heterocycles. The molecule has 0 N–H and O–H groups in total. The first-order valence-electron chi connectivity index (χ1n) is 8.63. The minimum absolute atomic E-state index is 0.0925. The van der Waals surface area contributed by atoms with Crippen LogP contribution in [-0.4, -0.2) is 26.5 Å². The number of imide groups is 1. The van der Waals surface area contributed by atoms with Gasteiger partial charge < -0.3 is 0 Å². The maximum absolute atomic E-state index is 14.4.